The molecule has 4 rings (SSSR count). The lowest BCUT2D eigenvalue weighted by Gasteiger charge is -2.28. The molecule has 11 amide bonds. The van der Waals surface area contributed by atoms with Gasteiger partial charge >= 0.3 is 5.97 Å². The summed E-state index contributed by atoms with van der Waals surface area (Å²) in [5.41, 5.74) is 59.4. The molecule has 4 aromatic rings. The van der Waals surface area contributed by atoms with Crippen LogP contribution in [0.25, 0.3) is 21.8 Å². The van der Waals surface area contributed by atoms with Crippen LogP contribution in [0.15, 0.2) is 75.9 Å². The highest BCUT2D eigenvalue weighted by molar-refractivity contribution is 7.98. The number of aromatic amines is 2. The Morgan fingerprint density at radius 2 is 0.771 bits per heavy atom. The average molecular weight is 1540 g/mol. The van der Waals surface area contributed by atoms with Crippen molar-refractivity contribution in [1.29, 1.82) is 0 Å². The predicted molar refractivity (Wildman–Crippen MR) is 416 cm³/mol. The number of primary amides is 1. The van der Waals surface area contributed by atoms with E-state index < -0.39 is 151 Å². The zero-order valence-corrected chi connectivity index (χ0v) is 63.0. The van der Waals surface area contributed by atoms with Gasteiger partial charge < -0.3 is 126 Å². The maximum Gasteiger partial charge on any atom is 0.322 e. The Morgan fingerprint density at radius 3 is 1.14 bits per heavy atom. The number of guanidine groups is 3. The summed E-state index contributed by atoms with van der Waals surface area (Å²) in [6.45, 7) is 3.55. The van der Waals surface area contributed by atoms with Crippen molar-refractivity contribution in [2.24, 2.45) is 78.2 Å². The Morgan fingerprint density at radius 1 is 0.431 bits per heavy atom. The molecule has 0 spiro atoms. The standard InChI is InChI=1S/C70H113N25O13S/c1-39(2)33-53(59(100)86-38-57(97)98)93-62(103)48(21-9-11-28-72)88-60(101)47(20-8-10-27-71)89-65(106)52(26-32-109-3)92-61(102)50(23-14-31-83-70(79)80)90-66(107)54(34-40-36-84-45-18-6-4-15-42(40)45)95-64(105)51(24-25-56(74)96)91-67(108)55(35-41-37-85-46-19-7-5-16-43(41)46)94-63(104)49(22-13-30-82-69(77)78)87-58(99)44(73)17-12-29-81-68(75)76/h4-7,15-16,18-19,36-37,39,44,47-55,84-85H,8-14,17,20-35,38,71-73H2,1-3H3,(H2,74,96)(H,86,100)(H,87,99)(H,88,101)(H,89,106)(H,90,107)(H,91,108)(H,92,102)(H,93,103)(H,94,104)(H,95,105)(H,97,98)(H4,75,76,81)(H4,77,78,82)(H4,79,80,83)/t44-,47-,48-,49-,50-,51-,52-,53-,54-,55-/m0/s1. The number of aromatic nitrogens is 2. The van der Waals surface area contributed by atoms with Gasteiger partial charge in [-0.05, 0) is 151 Å². The van der Waals surface area contributed by atoms with Crippen molar-refractivity contribution in [1.82, 2.24) is 63.1 Å². The van der Waals surface area contributed by atoms with Crippen molar-refractivity contribution < 1.29 is 62.6 Å². The van der Waals surface area contributed by atoms with Gasteiger partial charge in [-0.2, -0.15) is 11.8 Å². The fourth-order valence-corrected chi connectivity index (χ4v) is 12.2. The van der Waals surface area contributed by atoms with Gasteiger partial charge in [-0.3, -0.25) is 72.5 Å². The van der Waals surface area contributed by atoms with Crippen molar-refractivity contribution in [2.75, 3.05) is 51.3 Å². The second kappa shape index (κ2) is 48.5. The van der Waals surface area contributed by atoms with E-state index in [-0.39, 0.29) is 133 Å². The third-order valence-electron chi connectivity index (χ3n) is 17.4. The molecule has 0 aliphatic rings. The molecule has 0 aliphatic heterocycles. The highest BCUT2D eigenvalue weighted by atomic mass is 32.2. The summed E-state index contributed by atoms with van der Waals surface area (Å²) in [6.07, 6.45) is 5.73. The highest BCUT2D eigenvalue weighted by Crippen LogP contribution is 2.22. The van der Waals surface area contributed by atoms with Gasteiger partial charge in [-0.25, -0.2) is 0 Å². The molecule has 0 saturated heterocycles. The molecule has 39 heteroatoms. The SMILES string of the molecule is CSCC[C@H](NC(=O)[C@H](CCCN=C(N)N)NC(=O)[C@H](Cc1c[nH]c2ccccc12)NC(=O)[C@H](CCC(N)=O)NC(=O)[C@H](Cc1c[nH]c2ccccc12)NC(=O)[C@H](CCCN=C(N)N)NC(=O)[C@@H](N)CCCN=C(N)N)C(=O)N[C@@H](CCCCN)C(=O)N[C@@H](CCCCN)C(=O)N[C@@H](CC(C)C)C(=O)NCC(=O)O. The van der Waals surface area contributed by atoms with Gasteiger partial charge in [0.05, 0.1) is 6.04 Å². The number of carboxylic acids is 1. The number of nitrogens with two attached hydrogens (primary N) is 10. The number of hydrogen-bond acceptors (Lipinski definition) is 19. The number of nitrogens with one attached hydrogen (secondary N) is 12. The van der Waals surface area contributed by atoms with E-state index in [0.29, 0.717) is 65.0 Å². The van der Waals surface area contributed by atoms with Crippen LogP contribution in [-0.2, 0) is 70.4 Å². The van der Waals surface area contributed by atoms with Crippen molar-refractivity contribution in [2.45, 2.75) is 190 Å². The van der Waals surface area contributed by atoms with Gasteiger partial charge in [0.1, 0.15) is 60.9 Å². The first-order valence-corrected chi connectivity index (χ1v) is 37.8. The van der Waals surface area contributed by atoms with Crippen molar-refractivity contribution in [3.63, 3.8) is 0 Å². The van der Waals surface area contributed by atoms with Crippen LogP contribution in [0.2, 0.25) is 0 Å². The second-order valence-corrected chi connectivity index (χ2v) is 27.7. The number of carbonyl (C=O) groups is 12. The molecule has 0 aliphatic carbocycles. The third-order valence-corrected chi connectivity index (χ3v) is 18.0. The first-order valence-electron chi connectivity index (χ1n) is 36.4. The van der Waals surface area contributed by atoms with Crippen molar-refractivity contribution in [3.8, 4) is 0 Å². The molecule has 2 aromatic carbocycles. The van der Waals surface area contributed by atoms with Crippen LogP contribution < -0.4 is 111 Å². The maximum atomic E-state index is 15.3. The fraction of sp³-hybridized carbons (Fsp3) is 0.557. The number of nitrogens with zero attached hydrogens (tertiary/aromatic N) is 3. The Labute approximate surface area is 636 Å². The first-order chi connectivity index (χ1) is 51.9. The third kappa shape index (κ3) is 33.5. The molecular weight excluding hydrogens is 1430 g/mol. The lowest BCUT2D eigenvalue weighted by atomic mass is 10.0. The Hall–Kier alpha value is -10.8. The Balaban J connectivity index is 1.75. The van der Waals surface area contributed by atoms with Gasteiger partial charge in [-0.1, -0.05) is 50.2 Å². The number of hydrogen-bond donors (Lipinski definition) is 23. The molecule has 0 unspecified atom stereocenters. The maximum absolute atomic E-state index is 15.3. The van der Waals surface area contributed by atoms with Crippen LogP contribution in [0.1, 0.15) is 128 Å². The summed E-state index contributed by atoms with van der Waals surface area (Å²) < 4.78 is 0. The molecule has 38 nitrogen and oxygen atoms in total. The first kappa shape index (κ1) is 90.6. The lowest BCUT2D eigenvalue weighted by Crippen LogP contribution is -2.61. The van der Waals surface area contributed by atoms with Gasteiger partial charge in [0.25, 0.3) is 0 Å². The van der Waals surface area contributed by atoms with E-state index in [1.165, 1.54) is 11.8 Å². The molecule has 109 heavy (non-hydrogen) atoms. The zero-order valence-electron chi connectivity index (χ0n) is 62.2. The quantitative estimate of drug-likeness (QED) is 0.0113. The molecule has 602 valence electrons. The Bertz CT molecular complexity index is 3740. The topological polar surface area (TPSA) is 674 Å². The molecule has 0 bridgehead atoms. The van der Waals surface area contributed by atoms with E-state index in [1.54, 1.807) is 81.0 Å². The van der Waals surface area contributed by atoms with Crippen LogP contribution in [0.5, 0.6) is 0 Å². The molecule has 0 saturated carbocycles. The monoisotopic (exact) mass is 1540 g/mol. The summed E-state index contributed by atoms with van der Waals surface area (Å²) in [5, 5.41) is 37.4. The van der Waals surface area contributed by atoms with E-state index >= 15 is 14.4 Å². The van der Waals surface area contributed by atoms with Crippen molar-refractivity contribution in [3.05, 3.63) is 72.1 Å². The number of thioether (sulfide) groups is 1. The number of H-pyrrole nitrogens is 2. The van der Waals surface area contributed by atoms with Gasteiger partial charge in [0.15, 0.2) is 17.9 Å². The number of benzene rings is 2. The molecule has 0 fully saturated rings. The minimum Gasteiger partial charge on any atom is -0.480 e. The van der Waals surface area contributed by atoms with E-state index in [2.05, 4.69) is 78.1 Å². The normalized spacial score (nSPS) is 13.9. The summed E-state index contributed by atoms with van der Waals surface area (Å²) in [4.78, 5) is 188. The molecule has 10 atom stereocenters. The molecule has 2 aromatic heterocycles. The molecular formula is C70H113N25O13S. The largest absolute Gasteiger partial charge is 0.480 e. The number of aliphatic imine (C=N–C) groups is 3. The number of fused-ring (bicyclic) bond motifs is 2. The van der Waals surface area contributed by atoms with E-state index in [0.717, 1.165) is 0 Å². The number of carbonyl (C=O) groups excluding carboxylic acids is 11. The number of para-hydroxylation sites is 2. The minimum atomic E-state index is -1.67. The molecule has 33 N–H and O–H groups in total. The lowest BCUT2D eigenvalue weighted by molar-refractivity contribution is -0.138. The number of carboxylic acid groups (broad SMARTS) is 1. The summed E-state index contributed by atoms with van der Waals surface area (Å²) in [6, 6.07) is 0.262. The van der Waals surface area contributed by atoms with Gasteiger partial charge in [-0.15, -0.1) is 0 Å². The zero-order chi connectivity index (χ0) is 80.5. The Kier molecular flexibility index (Phi) is 40.3. The number of unbranched alkanes of at least 4 members (excludes halogenated alkanes) is 2. The highest BCUT2D eigenvalue weighted by Gasteiger charge is 2.37. The molecule has 0 radical (unpaired) electrons. The summed E-state index contributed by atoms with van der Waals surface area (Å²) in [5.74, 6) is -11.2. The van der Waals surface area contributed by atoms with E-state index in [9.17, 15) is 48.3 Å². The number of rotatable bonds is 53. The average Bonchev–Trinajstić information content (AvgIpc) is 1.71. The van der Waals surface area contributed by atoms with E-state index in [1.807, 2.05) is 0 Å². The summed E-state index contributed by atoms with van der Waals surface area (Å²) >= 11 is 1.34. The van der Waals surface area contributed by atoms with Gasteiger partial charge in [0, 0.05) is 73.1 Å². The second-order valence-electron chi connectivity index (χ2n) is 26.7. The van der Waals surface area contributed by atoms with Gasteiger partial charge in [0.2, 0.25) is 65.0 Å². The summed E-state index contributed by atoms with van der Waals surface area (Å²) in [7, 11) is 0. The van der Waals surface area contributed by atoms with Crippen LogP contribution in [0.4, 0.5) is 0 Å². The van der Waals surface area contributed by atoms with Crippen LogP contribution in [0.3, 0.4) is 0 Å². The van der Waals surface area contributed by atoms with Crippen LogP contribution in [-0.4, -0.2) is 216 Å². The van der Waals surface area contributed by atoms with Crippen LogP contribution in [0, 0.1) is 5.92 Å². The van der Waals surface area contributed by atoms with E-state index in [4.69, 9.17) is 57.3 Å². The number of aliphatic carboxylic acids is 1. The fourth-order valence-electron chi connectivity index (χ4n) is 11.7. The smallest absolute Gasteiger partial charge is 0.322 e. The van der Waals surface area contributed by atoms with Crippen molar-refractivity contribution >= 4 is 122 Å². The van der Waals surface area contributed by atoms with Crippen LogP contribution >= 0.6 is 11.8 Å². The number of amides is 11. The predicted octanol–water partition coefficient (Wildman–Crippen LogP) is -4.19. The molecule has 2 heterocycles. The minimum absolute atomic E-state index is 0.0114.